The number of hydroxylamine groups is 2. The van der Waals surface area contributed by atoms with Crippen molar-refractivity contribution in [2.75, 3.05) is 24.6 Å². The monoisotopic (exact) mass is 292 g/mol. The zero-order chi connectivity index (χ0) is 13.6. The largest absolute Gasteiger partial charge is 0.367 e. The Labute approximate surface area is 114 Å². The van der Waals surface area contributed by atoms with Gasteiger partial charge in [-0.1, -0.05) is 34.7 Å². The highest BCUT2D eigenvalue weighted by molar-refractivity contribution is 8.76. The van der Waals surface area contributed by atoms with E-state index in [1.54, 1.807) is 21.6 Å². The third-order valence-corrected chi connectivity index (χ3v) is 3.75. The molecular weight excluding hydrogens is 276 g/mol. The van der Waals surface area contributed by atoms with Gasteiger partial charge in [0.1, 0.15) is 0 Å². The minimum atomic E-state index is -0.499. The Morgan fingerprint density at radius 1 is 0.944 bits per heavy atom. The Balaban J connectivity index is 3.12. The smallest absolute Gasteiger partial charge is 0.348 e. The molecule has 0 unspecified atom stereocenters. The lowest BCUT2D eigenvalue weighted by Crippen LogP contribution is -2.21. The van der Waals surface area contributed by atoms with E-state index < -0.39 is 11.9 Å². The molecule has 0 rings (SSSR count). The molecule has 0 heterocycles. The van der Waals surface area contributed by atoms with Crippen molar-refractivity contribution in [3.8, 4) is 0 Å². The number of carbonyl (C=O) groups excluding carboxylic acids is 2. The van der Waals surface area contributed by atoms with E-state index in [0.29, 0.717) is 13.1 Å². The maximum atomic E-state index is 10.6. The summed E-state index contributed by atoms with van der Waals surface area (Å²) in [5, 5.41) is 0. The second-order valence-corrected chi connectivity index (χ2v) is 5.39. The van der Waals surface area contributed by atoms with Gasteiger partial charge in [-0.15, -0.1) is 0 Å². The summed E-state index contributed by atoms with van der Waals surface area (Å²) in [4.78, 5) is 30.4. The number of hydrogen-bond acceptors (Lipinski definition) is 8. The fraction of sp³-hybridized carbons (Fsp3) is 0.400. The van der Waals surface area contributed by atoms with Gasteiger partial charge in [-0.05, 0) is 0 Å². The van der Waals surface area contributed by atoms with E-state index >= 15 is 0 Å². The van der Waals surface area contributed by atoms with E-state index in [2.05, 4.69) is 33.8 Å². The average Bonchev–Trinajstić information content (AvgIpc) is 2.40. The molecule has 0 aliphatic carbocycles. The van der Waals surface area contributed by atoms with E-state index in [4.69, 9.17) is 0 Å². The summed E-state index contributed by atoms with van der Waals surface area (Å²) in [5.74, 6) is 0.560. The van der Waals surface area contributed by atoms with Crippen LogP contribution in [0, 0.1) is 0 Å². The van der Waals surface area contributed by atoms with Crippen molar-refractivity contribution in [1.82, 2.24) is 11.0 Å². The molecule has 0 saturated heterocycles. The van der Waals surface area contributed by atoms with Gasteiger partial charge >= 0.3 is 11.9 Å². The summed E-state index contributed by atoms with van der Waals surface area (Å²) >= 11 is 0. The van der Waals surface area contributed by atoms with Crippen LogP contribution in [-0.4, -0.2) is 36.5 Å². The number of rotatable bonds is 11. The number of hydrogen-bond donors (Lipinski definition) is 2. The van der Waals surface area contributed by atoms with Gasteiger partial charge in [-0.2, -0.15) is 11.0 Å². The maximum Gasteiger partial charge on any atom is 0.348 e. The van der Waals surface area contributed by atoms with Crippen LogP contribution in [0.2, 0.25) is 0 Å². The van der Waals surface area contributed by atoms with Gasteiger partial charge in [0, 0.05) is 36.7 Å². The minimum absolute atomic E-state index is 0.499. The number of nitrogens with one attached hydrogen (secondary N) is 2. The molecular formula is C10H16N2O4S2. The molecule has 0 aromatic rings. The first kappa shape index (κ1) is 17.0. The lowest BCUT2D eigenvalue weighted by molar-refractivity contribution is -0.145. The second-order valence-electron chi connectivity index (χ2n) is 2.68. The maximum absolute atomic E-state index is 10.6. The molecule has 8 heteroatoms. The molecule has 0 bridgehead atoms. The van der Waals surface area contributed by atoms with Crippen LogP contribution >= 0.6 is 21.6 Å². The van der Waals surface area contributed by atoms with Crippen molar-refractivity contribution >= 4 is 33.5 Å². The molecule has 0 spiro atoms. The molecule has 18 heavy (non-hydrogen) atoms. The second kappa shape index (κ2) is 12.5. The Kier molecular flexibility index (Phi) is 11.8. The van der Waals surface area contributed by atoms with Crippen LogP contribution in [0.15, 0.2) is 25.3 Å². The van der Waals surface area contributed by atoms with Gasteiger partial charge in [0.05, 0.1) is 0 Å². The average molecular weight is 292 g/mol. The standard InChI is InChI=1S/C10H16N2O4S2/c1-3-9(13)15-11-5-7-17-18-8-6-12-16-10(14)4-2/h3-4,11-12H,1-2,5-8H2. The first-order chi connectivity index (χ1) is 8.70. The van der Waals surface area contributed by atoms with E-state index in [9.17, 15) is 9.59 Å². The van der Waals surface area contributed by atoms with Crippen LogP contribution in [0.1, 0.15) is 0 Å². The lowest BCUT2D eigenvalue weighted by Gasteiger charge is -2.04. The Bertz CT molecular complexity index is 259. The molecule has 2 N–H and O–H groups in total. The van der Waals surface area contributed by atoms with Crippen LogP contribution in [0.25, 0.3) is 0 Å². The highest BCUT2D eigenvalue weighted by atomic mass is 33.1. The zero-order valence-corrected chi connectivity index (χ0v) is 11.5. The third-order valence-electron chi connectivity index (χ3n) is 1.34. The fourth-order valence-corrected chi connectivity index (χ4v) is 2.39. The molecule has 0 atom stereocenters. The highest BCUT2D eigenvalue weighted by Crippen LogP contribution is 2.19. The van der Waals surface area contributed by atoms with Gasteiger partial charge in [0.15, 0.2) is 0 Å². The van der Waals surface area contributed by atoms with Gasteiger partial charge in [-0.25, -0.2) is 9.59 Å². The molecule has 0 fully saturated rings. The molecule has 0 aliphatic rings. The topological polar surface area (TPSA) is 76.7 Å². The molecule has 6 nitrogen and oxygen atoms in total. The van der Waals surface area contributed by atoms with Crippen LogP contribution in [0.4, 0.5) is 0 Å². The fourth-order valence-electron chi connectivity index (χ4n) is 0.612. The van der Waals surface area contributed by atoms with Gasteiger partial charge in [-0.3, -0.25) is 0 Å². The van der Waals surface area contributed by atoms with E-state index in [0.717, 1.165) is 23.7 Å². The molecule has 0 saturated carbocycles. The minimum Gasteiger partial charge on any atom is -0.367 e. The summed E-state index contributed by atoms with van der Waals surface area (Å²) in [6.45, 7) is 7.63. The summed E-state index contributed by atoms with van der Waals surface area (Å²) in [6, 6.07) is 0. The van der Waals surface area contributed by atoms with Gasteiger partial charge in [0.2, 0.25) is 0 Å². The third kappa shape index (κ3) is 11.5. The first-order valence-electron chi connectivity index (χ1n) is 5.07. The van der Waals surface area contributed by atoms with Crippen LogP contribution in [0.5, 0.6) is 0 Å². The van der Waals surface area contributed by atoms with E-state index in [-0.39, 0.29) is 0 Å². The normalized spacial score (nSPS) is 9.56. The quantitative estimate of drug-likeness (QED) is 0.251. The molecule has 0 aliphatic heterocycles. The Morgan fingerprint density at radius 2 is 1.33 bits per heavy atom. The van der Waals surface area contributed by atoms with Crippen molar-refractivity contribution in [2.45, 2.75) is 0 Å². The zero-order valence-electron chi connectivity index (χ0n) is 9.85. The van der Waals surface area contributed by atoms with Gasteiger partial charge in [0.25, 0.3) is 0 Å². The Morgan fingerprint density at radius 3 is 1.67 bits per heavy atom. The molecule has 0 aromatic carbocycles. The van der Waals surface area contributed by atoms with Crippen LogP contribution < -0.4 is 11.0 Å². The highest BCUT2D eigenvalue weighted by Gasteiger charge is 1.96. The lowest BCUT2D eigenvalue weighted by atomic mass is 10.7. The van der Waals surface area contributed by atoms with Crippen LogP contribution in [0.3, 0.4) is 0 Å². The molecule has 0 amide bonds. The summed E-state index contributed by atoms with van der Waals surface area (Å²) < 4.78 is 0. The van der Waals surface area contributed by atoms with Crippen molar-refractivity contribution < 1.29 is 19.3 Å². The SMILES string of the molecule is C=CC(=O)ONCCSSCCNOC(=O)C=C. The summed E-state index contributed by atoms with van der Waals surface area (Å²) in [5.41, 5.74) is 5.02. The summed E-state index contributed by atoms with van der Waals surface area (Å²) in [6.07, 6.45) is 2.18. The predicted octanol–water partition coefficient (Wildman–Crippen LogP) is 0.835. The molecule has 102 valence electrons. The Hall–Kier alpha value is -0.960. The first-order valence-corrected chi connectivity index (χ1v) is 7.56. The van der Waals surface area contributed by atoms with E-state index in [1.165, 1.54) is 0 Å². The summed E-state index contributed by atoms with van der Waals surface area (Å²) in [7, 11) is 3.23. The van der Waals surface area contributed by atoms with Crippen molar-refractivity contribution in [3.05, 3.63) is 25.3 Å². The van der Waals surface area contributed by atoms with Crippen LogP contribution in [-0.2, 0) is 19.3 Å². The van der Waals surface area contributed by atoms with Gasteiger partial charge < -0.3 is 9.68 Å². The molecule has 0 aromatic heterocycles. The number of carbonyl (C=O) groups is 2. The predicted molar refractivity (Wildman–Crippen MR) is 73.5 cm³/mol. The molecule has 0 radical (unpaired) electrons. The van der Waals surface area contributed by atoms with Crippen molar-refractivity contribution in [3.63, 3.8) is 0 Å². The van der Waals surface area contributed by atoms with Crippen molar-refractivity contribution in [2.24, 2.45) is 0 Å². The van der Waals surface area contributed by atoms with Crippen molar-refractivity contribution in [1.29, 1.82) is 0 Å². The van der Waals surface area contributed by atoms with E-state index in [1.807, 2.05) is 0 Å².